The first-order chi connectivity index (χ1) is 9.52. The molecule has 3 N–H and O–H groups in total. The van der Waals surface area contributed by atoms with Gasteiger partial charge >= 0.3 is 0 Å². The largest absolute Gasteiger partial charge is 0.436 e. The van der Waals surface area contributed by atoms with Crippen molar-refractivity contribution >= 4 is 11.7 Å². The Kier molecular flexibility index (Phi) is 4.26. The average molecular weight is 280 g/mol. The Labute approximate surface area is 117 Å². The van der Waals surface area contributed by atoms with Gasteiger partial charge in [0.1, 0.15) is 0 Å². The van der Waals surface area contributed by atoms with Gasteiger partial charge in [0.2, 0.25) is 5.76 Å². The Hall–Kier alpha value is -2.05. The van der Waals surface area contributed by atoms with Crippen LogP contribution in [0.3, 0.4) is 0 Å². The molecule has 1 aromatic rings. The Morgan fingerprint density at radius 2 is 2.15 bits per heavy atom. The monoisotopic (exact) mass is 280 g/mol. The van der Waals surface area contributed by atoms with Crippen LogP contribution in [0.15, 0.2) is 9.57 Å². The van der Waals surface area contributed by atoms with Gasteiger partial charge in [-0.05, 0) is 19.8 Å². The number of oxazole rings is 1. The topological polar surface area (TPSA) is 105 Å². The van der Waals surface area contributed by atoms with Crippen LogP contribution in [0.25, 0.3) is 0 Å². The van der Waals surface area contributed by atoms with E-state index in [1.54, 1.807) is 18.7 Å². The van der Waals surface area contributed by atoms with E-state index in [0.717, 1.165) is 25.7 Å². The Bertz CT molecular complexity index is 518. The number of hydrogen-bond donors (Lipinski definition) is 2. The van der Waals surface area contributed by atoms with Crippen LogP contribution in [0.4, 0.5) is 0 Å². The predicted octanol–water partition coefficient (Wildman–Crippen LogP) is 1.42. The highest BCUT2D eigenvalue weighted by molar-refractivity contribution is 5.95. The molecule has 0 spiro atoms. The Morgan fingerprint density at radius 3 is 2.65 bits per heavy atom. The van der Waals surface area contributed by atoms with Crippen molar-refractivity contribution in [3.63, 3.8) is 0 Å². The summed E-state index contributed by atoms with van der Waals surface area (Å²) in [6.45, 7) is 3.53. The molecule has 2 rings (SSSR count). The van der Waals surface area contributed by atoms with E-state index >= 15 is 0 Å². The molecule has 20 heavy (non-hydrogen) atoms. The minimum atomic E-state index is -0.249. The van der Waals surface area contributed by atoms with E-state index in [-0.39, 0.29) is 30.1 Å². The normalized spacial score (nSPS) is 16.6. The Morgan fingerprint density at radius 1 is 1.50 bits per heavy atom. The van der Waals surface area contributed by atoms with Crippen LogP contribution in [0.5, 0.6) is 0 Å². The van der Waals surface area contributed by atoms with Crippen LogP contribution < -0.4 is 5.73 Å². The van der Waals surface area contributed by atoms with Gasteiger partial charge in [-0.1, -0.05) is 18.0 Å². The predicted molar refractivity (Wildman–Crippen MR) is 72.7 cm³/mol. The van der Waals surface area contributed by atoms with Crippen LogP contribution in [0.1, 0.15) is 47.8 Å². The molecule has 0 aliphatic heterocycles. The molecule has 0 bridgehead atoms. The number of nitrogens with two attached hydrogens (primary N) is 1. The molecule has 110 valence electrons. The summed E-state index contributed by atoms with van der Waals surface area (Å²) >= 11 is 0. The fourth-order valence-electron chi connectivity index (χ4n) is 2.65. The van der Waals surface area contributed by atoms with Gasteiger partial charge in [0.15, 0.2) is 11.7 Å². The molecule has 1 fully saturated rings. The van der Waals surface area contributed by atoms with Crippen molar-refractivity contribution in [3.05, 3.63) is 17.3 Å². The smallest absolute Gasteiger partial charge is 0.292 e. The summed E-state index contributed by atoms with van der Waals surface area (Å²) < 4.78 is 5.39. The average Bonchev–Trinajstić information content (AvgIpc) is 3.04. The second-order valence-electron chi connectivity index (χ2n) is 5.11. The molecule has 0 atom stereocenters. The maximum absolute atomic E-state index is 12.6. The minimum absolute atomic E-state index is 0.0131. The molecule has 7 nitrogen and oxygen atoms in total. The summed E-state index contributed by atoms with van der Waals surface area (Å²) in [5.74, 6) is 0.460. The zero-order valence-electron chi connectivity index (χ0n) is 11.8. The second kappa shape index (κ2) is 5.94. The zero-order chi connectivity index (χ0) is 14.7. The number of amidine groups is 1. The fourth-order valence-corrected chi connectivity index (χ4v) is 2.65. The lowest BCUT2D eigenvalue weighted by molar-refractivity contribution is 0.0677. The number of hydrogen-bond acceptors (Lipinski definition) is 5. The number of carbonyl (C=O) groups excluding carboxylic acids is 1. The van der Waals surface area contributed by atoms with Crippen molar-refractivity contribution in [1.29, 1.82) is 0 Å². The van der Waals surface area contributed by atoms with Gasteiger partial charge < -0.3 is 20.3 Å². The molecule has 0 aromatic carbocycles. The molecule has 1 aliphatic rings. The van der Waals surface area contributed by atoms with Crippen molar-refractivity contribution in [3.8, 4) is 0 Å². The maximum Gasteiger partial charge on any atom is 0.292 e. The molecule has 1 aliphatic carbocycles. The summed E-state index contributed by atoms with van der Waals surface area (Å²) in [6.07, 6.45) is 4.02. The molecular weight excluding hydrogens is 260 g/mol. The van der Waals surface area contributed by atoms with Crippen molar-refractivity contribution < 1.29 is 14.4 Å². The van der Waals surface area contributed by atoms with Gasteiger partial charge in [-0.2, -0.15) is 0 Å². The van der Waals surface area contributed by atoms with Crippen LogP contribution in [0, 0.1) is 13.8 Å². The summed E-state index contributed by atoms with van der Waals surface area (Å²) in [6, 6.07) is 0.104. The molecule has 1 aromatic heterocycles. The van der Waals surface area contributed by atoms with Gasteiger partial charge in [0.05, 0.1) is 12.2 Å². The van der Waals surface area contributed by atoms with Gasteiger partial charge in [0, 0.05) is 13.0 Å². The van der Waals surface area contributed by atoms with Gasteiger partial charge in [0.25, 0.3) is 5.91 Å². The number of aromatic nitrogens is 1. The number of aryl methyl sites for hydroxylation is 2. The van der Waals surface area contributed by atoms with Gasteiger partial charge in [-0.3, -0.25) is 4.79 Å². The van der Waals surface area contributed by atoms with Gasteiger partial charge in [-0.25, -0.2) is 4.98 Å². The van der Waals surface area contributed by atoms with E-state index in [0.29, 0.717) is 11.6 Å². The molecule has 1 amide bonds. The number of amides is 1. The third kappa shape index (κ3) is 2.92. The number of nitrogens with zero attached hydrogens (tertiary/aromatic N) is 3. The lowest BCUT2D eigenvalue weighted by atomic mass is 10.2. The van der Waals surface area contributed by atoms with Gasteiger partial charge in [-0.15, -0.1) is 0 Å². The highest BCUT2D eigenvalue weighted by Gasteiger charge is 2.31. The molecule has 0 radical (unpaired) electrons. The lowest BCUT2D eigenvalue weighted by Gasteiger charge is -2.27. The molecule has 1 saturated carbocycles. The summed E-state index contributed by atoms with van der Waals surface area (Å²) in [4.78, 5) is 18.4. The molecule has 1 heterocycles. The van der Waals surface area contributed by atoms with Crippen molar-refractivity contribution in [2.45, 2.75) is 45.6 Å². The van der Waals surface area contributed by atoms with Crippen molar-refractivity contribution in [2.75, 3.05) is 6.54 Å². The van der Waals surface area contributed by atoms with E-state index in [2.05, 4.69) is 10.1 Å². The van der Waals surface area contributed by atoms with Crippen molar-refractivity contribution in [1.82, 2.24) is 9.88 Å². The van der Waals surface area contributed by atoms with E-state index < -0.39 is 0 Å². The molecular formula is C13H20N4O3. The first kappa shape index (κ1) is 14.4. The summed E-state index contributed by atoms with van der Waals surface area (Å²) in [5.41, 5.74) is 6.13. The van der Waals surface area contributed by atoms with E-state index in [1.807, 2.05) is 0 Å². The zero-order valence-corrected chi connectivity index (χ0v) is 11.8. The standard InChI is InChI=1S/C13H20N4O3/c1-8-12(20-9(2)15-8)13(18)17(7-11(14)16-19)10-5-3-4-6-10/h10,19H,3-7H2,1-2H3,(H2,14,16). The molecule has 0 unspecified atom stereocenters. The van der Waals surface area contributed by atoms with Crippen LogP contribution >= 0.6 is 0 Å². The van der Waals surface area contributed by atoms with E-state index in [1.165, 1.54) is 0 Å². The number of carbonyl (C=O) groups is 1. The molecule has 7 heteroatoms. The molecule has 0 saturated heterocycles. The number of rotatable bonds is 4. The first-order valence-electron chi connectivity index (χ1n) is 6.74. The van der Waals surface area contributed by atoms with Crippen LogP contribution in [0.2, 0.25) is 0 Å². The second-order valence-corrected chi connectivity index (χ2v) is 5.11. The van der Waals surface area contributed by atoms with Crippen LogP contribution in [-0.2, 0) is 0 Å². The highest BCUT2D eigenvalue weighted by atomic mass is 16.4. The fraction of sp³-hybridized carbons (Fsp3) is 0.615. The lowest BCUT2D eigenvalue weighted by Crippen LogP contribution is -2.44. The Balaban J connectivity index is 2.25. The third-order valence-corrected chi connectivity index (χ3v) is 3.58. The van der Waals surface area contributed by atoms with E-state index in [9.17, 15) is 4.79 Å². The summed E-state index contributed by atoms with van der Waals surface area (Å²) in [7, 11) is 0. The third-order valence-electron chi connectivity index (χ3n) is 3.58. The minimum Gasteiger partial charge on any atom is -0.436 e. The van der Waals surface area contributed by atoms with E-state index in [4.69, 9.17) is 15.4 Å². The van der Waals surface area contributed by atoms with Crippen LogP contribution in [-0.4, -0.2) is 39.4 Å². The summed E-state index contributed by atoms with van der Waals surface area (Å²) in [5, 5.41) is 11.7. The first-order valence-corrected chi connectivity index (χ1v) is 6.74. The highest BCUT2D eigenvalue weighted by Crippen LogP contribution is 2.25. The maximum atomic E-state index is 12.6. The van der Waals surface area contributed by atoms with Crippen molar-refractivity contribution in [2.24, 2.45) is 10.9 Å². The SMILES string of the molecule is Cc1nc(C)c(C(=O)N(CC(N)=NO)C2CCCC2)o1. The number of oxime groups is 1. The quantitative estimate of drug-likeness (QED) is 0.375.